The lowest BCUT2D eigenvalue weighted by molar-refractivity contribution is -0.138. The summed E-state index contributed by atoms with van der Waals surface area (Å²) in [6.07, 6.45) is 4.79. The van der Waals surface area contributed by atoms with Gasteiger partial charge in [-0.2, -0.15) is 11.3 Å². The zero-order valence-electron chi connectivity index (χ0n) is 17.1. The fourth-order valence-electron chi connectivity index (χ4n) is 4.44. The number of aryl methyl sites for hydroxylation is 1. The van der Waals surface area contributed by atoms with Crippen LogP contribution in [0.1, 0.15) is 45.6 Å². The molecule has 6 nitrogen and oxygen atoms in total. The lowest BCUT2D eigenvalue weighted by atomic mass is 9.92. The van der Waals surface area contributed by atoms with Gasteiger partial charge in [0, 0.05) is 49.0 Å². The van der Waals surface area contributed by atoms with Crippen molar-refractivity contribution < 1.29 is 9.59 Å². The number of hydrogen-bond acceptors (Lipinski definition) is 5. The molecule has 0 radical (unpaired) electrons. The van der Waals surface area contributed by atoms with E-state index in [2.05, 4.69) is 22.2 Å². The Kier molecular flexibility index (Phi) is 5.96. The molecule has 2 aromatic rings. The normalized spacial score (nSPS) is 19.7. The second kappa shape index (κ2) is 8.63. The number of amides is 2. The van der Waals surface area contributed by atoms with Crippen molar-refractivity contribution in [3.63, 3.8) is 0 Å². The molecule has 1 atom stereocenters. The maximum Gasteiger partial charge on any atom is 0.252 e. The number of aromatic nitrogens is 1. The molecule has 0 spiro atoms. The van der Waals surface area contributed by atoms with E-state index in [1.54, 1.807) is 0 Å². The highest BCUT2D eigenvalue weighted by atomic mass is 32.1. The van der Waals surface area contributed by atoms with Crippen LogP contribution in [-0.2, 0) is 24.3 Å². The quantitative estimate of drug-likeness (QED) is 0.838. The highest BCUT2D eigenvalue weighted by Crippen LogP contribution is 2.26. The first-order valence-corrected chi connectivity index (χ1v) is 11.2. The Balaban J connectivity index is 1.46. The van der Waals surface area contributed by atoms with Gasteiger partial charge in [-0.15, -0.1) is 0 Å². The molecule has 2 aliphatic heterocycles. The van der Waals surface area contributed by atoms with Gasteiger partial charge in [0.25, 0.3) is 5.91 Å². The van der Waals surface area contributed by atoms with E-state index in [1.807, 2.05) is 34.8 Å². The Morgan fingerprint density at radius 1 is 1.34 bits per heavy atom. The molecule has 7 heteroatoms. The summed E-state index contributed by atoms with van der Waals surface area (Å²) in [5.41, 5.74) is 5.09. The first-order chi connectivity index (χ1) is 14.0. The van der Waals surface area contributed by atoms with Gasteiger partial charge < -0.3 is 15.1 Å². The predicted octanol–water partition coefficient (Wildman–Crippen LogP) is 2.61. The van der Waals surface area contributed by atoms with Gasteiger partial charge in [-0.3, -0.25) is 14.6 Å². The topological polar surface area (TPSA) is 65.5 Å². The van der Waals surface area contributed by atoms with Crippen LogP contribution in [-0.4, -0.2) is 53.3 Å². The molecule has 0 saturated carbocycles. The molecule has 154 valence electrons. The summed E-state index contributed by atoms with van der Waals surface area (Å²) in [5.74, 6) is 0.324. The Labute approximate surface area is 175 Å². The summed E-state index contributed by atoms with van der Waals surface area (Å²) >= 11 is 1.52. The van der Waals surface area contributed by atoms with Crippen molar-refractivity contribution in [1.29, 1.82) is 0 Å². The number of carbonyl (C=O) groups is 2. The maximum absolute atomic E-state index is 13.0. The van der Waals surface area contributed by atoms with Crippen molar-refractivity contribution >= 4 is 23.2 Å². The summed E-state index contributed by atoms with van der Waals surface area (Å²) in [6, 6.07) is 1.83. The molecule has 1 N–H and O–H groups in total. The Morgan fingerprint density at radius 2 is 2.21 bits per heavy atom. The number of piperidine rings is 1. The highest BCUT2D eigenvalue weighted by molar-refractivity contribution is 7.08. The van der Waals surface area contributed by atoms with Gasteiger partial charge in [-0.25, -0.2) is 0 Å². The van der Waals surface area contributed by atoms with Gasteiger partial charge in [0.05, 0.1) is 5.92 Å². The largest absolute Gasteiger partial charge is 0.348 e. The van der Waals surface area contributed by atoms with E-state index in [4.69, 9.17) is 0 Å². The number of likely N-dealkylation sites (tertiary alicyclic amines) is 1. The van der Waals surface area contributed by atoms with Crippen LogP contribution in [0, 0.1) is 12.8 Å². The van der Waals surface area contributed by atoms with Gasteiger partial charge in [0.2, 0.25) is 5.91 Å². The molecule has 2 amide bonds. The van der Waals surface area contributed by atoms with Gasteiger partial charge in [0.1, 0.15) is 0 Å². The molecule has 4 heterocycles. The average Bonchev–Trinajstić information content (AvgIpc) is 3.27. The van der Waals surface area contributed by atoms with E-state index in [0.717, 1.165) is 55.7 Å². The van der Waals surface area contributed by atoms with E-state index < -0.39 is 0 Å². The molecular weight excluding hydrogens is 384 g/mol. The molecular formula is C22H28N4O2S. The van der Waals surface area contributed by atoms with Gasteiger partial charge in [-0.05, 0) is 67.9 Å². The second-order valence-corrected chi connectivity index (χ2v) is 8.91. The third-order valence-corrected chi connectivity index (χ3v) is 6.77. The fourth-order valence-corrected chi connectivity index (χ4v) is 5.07. The predicted molar refractivity (Wildman–Crippen MR) is 114 cm³/mol. The molecule has 2 aromatic heterocycles. The summed E-state index contributed by atoms with van der Waals surface area (Å²) in [6.45, 7) is 5.75. The number of rotatable bonds is 4. The van der Waals surface area contributed by atoms with E-state index in [9.17, 15) is 9.59 Å². The minimum atomic E-state index is -0.0581. The van der Waals surface area contributed by atoms with Crippen molar-refractivity contribution in [2.45, 2.75) is 39.3 Å². The molecule has 0 unspecified atom stereocenters. The number of hydrogen-bond donors (Lipinski definition) is 1. The van der Waals surface area contributed by atoms with Gasteiger partial charge >= 0.3 is 0 Å². The van der Waals surface area contributed by atoms with E-state index in [0.29, 0.717) is 18.7 Å². The smallest absolute Gasteiger partial charge is 0.252 e. The molecule has 0 aliphatic carbocycles. The maximum atomic E-state index is 13.0. The molecule has 1 fully saturated rings. The number of pyridine rings is 1. The molecule has 4 rings (SSSR count). The van der Waals surface area contributed by atoms with Crippen molar-refractivity contribution in [1.82, 2.24) is 20.1 Å². The van der Waals surface area contributed by atoms with Crippen LogP contribution in [0.3, 0.4) is 0 Å². The third kappa shape index (κ3) is 4.36. The number of fused-ring (bicyclic) bond motifs is 1. The molecule has 1 saturated heterocycles. The van der Waals surface area contributed by atoms with Crippen molar-refractivity contribution in [2.24, 2.45) is 5.92 Å². The van der Waals surface area contributed by atoms with Crippen LogP contribution in [0.25, 0.3) is 0 Å². The minimum absolute atomic E-state index is 0.0581. The van der Waals surface area contributed by atoms with Crippen LogP contribution in [0.5, 0.6) is 0 Å². The Bertz CT molecular complexity index is 896. The van der Waals surface area contributed by atoms with Gasteiger partial charge in [0.15, 0.2) is 0 Å². The summed E-state index contributed by atoms with van der Waals surface area (Å²) in [4.78, 5) is 34.2. The number of nitrogens with zero attached hydrogens (tertiary/aromatic N) is 3. The van der Waals surface area contributed by atoms with Crippen LogP contribution >= 0.6 is 11.3 Å². The number of thiophene rings is 1. The van der Waals surface area contributed by atoms with Crippen LogP contribution in [0.15, 0.2) is 23.0 Å². The standard InChI is InChI=1S/C22H28N4O2S/c1-15-20(11-24-21(27)17-6-9-29-14-17)19-5-8-26(13-18(19)10-23-15)22(28)16-4-3-7-25(2)12-16/h6,9-10,14,16H,3-5,7-8,11-13H2,1-2H3,(H,24,27)/t16-/m1/s1. The fraction of sp³-hybridized carbons (Fsp3) is 0.500. The zero-order valence-corrected chi connectivity index (χ0v) is 17.9. The number of nitrogens with one attached hydrogen (secondary N) is 1. The van der Waals surface area contributed by atoms with Crippen molar-refractivity contribution in [2.75, 3.05) is 26.7 Å². The van der Waals surface area contributed by atoms with E-state index in [-0.39, 0.29) is 17.7 Å². The van der Waals surface area contributed by atoms with Crippen LogP contribution in [0.2, 0.25) is 0 Å². The lowest BCUT2D eigenvalue weighted by Gasteiger charge is -2.36. The van der Waals surface area contributed by atoms with E-state index >= 15 is 0 Å². The second-order valence-electron chi connectivity index (χ2n) is 8.13. The Hall–Kier alpha value is -2.25. The summed E-state index contributed by atoms with van der Waals surface area (Å²) < 4.78 is 0. The summed E-state index contributed by atoms with van der Waals surface area (Å²) in [7, 11) is 2.09. The molecule has 0 aromatic carbocycles. The first kappa shape index (κ1) is 20.0. The van der Waals surface area contributed by atoms with Crippen LogP contribution < -0.4 is 5.32 Å². The molecule has 0 bridgehead atoms. The van der Waals surface area contributed by atoms with Gasteiger partial charge in [-0.1, -0.05) is 0 Å². The van der Waals surface area contributed by atoms with E-state index in [1.165, 1.54) is 16.9 Å². The zero-order chi connectivity index (χ0) is 20.4. The van der Waals surface area contributed by atoms with Crippen LogP contribution in [0.4, 0.5) is 0 Å². The Morgan fingerprint density at radius 3 is 2.97 bits per heavy atom. The summed E-state index contributed by atoms with van der Waals surface area (Å²) in [5, 5.41) is 6.78. The lowest BCUT2D eigenvalue weighted by Crippen LogP contribution is -2.45. The monoisotopic (exact) mass is 412 g/mol. The first-order valence-electron chi connectivity index (χ1n) is 10.3. The SMILES string of the molecule is Cc1ncc2c(c1CNC(=O)c1ccsc1)CCN(C(=O)[C@@H]1CCCN(C)C1)C2. The minimum Gasteiger partial charge on any atom is -0.348 e. The molecule has 29 heavy (non-hydrogen) atoms. The highest BCUT2D eigenvalue weighted by Gasteiger charge is 2.31. The average molecular weight is 413 g/mol. The third-order valence-electron chi connectivity index (χ3n) is 6.09. The van der Waals surface area contributed by atoms with Crippen molar-refractivity contribution in [3.8, 4) is 0 Å². The van der Waals surface area contributed by atoms with Crippen molar-refractivity contribution in [3.05, 3.63) is 51.0 Å². The number of carbonyl (C=O) groups excluding carboxylic acids is 2. The molecule has 2 aliphatic rings.